The van der Waals surface area contributed by atoms with Crippen LogP contribution in [0.3, 0.4) is 0 Å². The van der Waals surface area contributed by atoms with Crippen molar-refractivity contribution in [1.82, 2.24) is 9.62 Å². The molecule has 1 unspecified atom stereocenters. The van der Waals surface area contributed by atoms with E-state index in [-0.39, 0.29) is 27.0 Å². The Kier molecular flexibility index (Phi) is 4.16. The number of hydrogen-bond donors (Lipinski definition) is 2. The SMILES string of the molecule is CN1C(=O)CC(NS(=O)(=O)c2ccc(Cl)c(N)c2Cl)C1=O. The van der Waals surface area contributed by atoms with Crippen molar-refractivity contribution < 1.29 is 18.0 Å². The van der Waals surface area contributed by atoms with Crippen LogP contribution in [0.5, 0.6) is 0 Å². The molecular formula is C11H11Cl2N3O4S. The molecule has 0 radical (unpaired) electrons. The van der Waals surface area contributed by atoms with Gasteiger partial charge in [0.25, 0.3) is 0 Å². The van der Waals surface area contributed by atoms with Crippen LogP contribution in [0.1, 0.15) is 6.42 Å². The predicted octanol–water partition coefficient (Wildman–Crippen LogP) is 0.611. The molecule has 1 aromatic carbocycles. The third-order valence-corrected chi connectivity index (χ3v) is 5.42. The molecule has 2 rings (SSSR count). The molecule has 7 nitrogen and oxygen atoms in total. The van der Waals surface area contributed by atoms with E-state index >= 15 is 0 Å². The van der Waals surface area contributed by atoms with E-state index < -0.39 is 27.9 Å². The van der Waals surface area contributed by atoms with Gasteiger partial charge < -0.3 is 5.73 Å². The minimum Gasteiger partial charge on any atom is -0.396 e. The summed E-state index contributed by atoms with van der Waals surface area (Å²) >= 11 is 11.6. The Balaban J connectivity index is 2.34. The fraction of sp³-hybridized carbons (Fsp3) is 0.273. The van der Waals surface area contributed by atoms with E-state index in [4.69, 9.17) is 28.9 Å². The number of nitrogens with zero attached hydrogens (tertiary/aromatic N) is 1. The second-order valence-corrected chi connectivity index (χ2v) is 6.91. The predicted molar refractivity (Wildman–Crippen MR) is 77.4 cm³/mol. The van der Waals surface area contributed by atoms with Gasteiger partial charge in [-0.1, -0.05) is 23.2 Å². The monoisotopic (exact) mass is 351 g/mol. The van der Waals surface area contributed by atoms with Gasteiger partial charge in [0.05, 0.1) is 22.2 Å². The van der Waals surface area contributed by atoms with Crippen molar-refractivity contribution in [3.05, 3.63) is 22.2 Å². The average Bonchev–Trinajstić information content (AvgIpc) is 2.63. The van der Waals surface area contributed by atoms with Gasteiger partial charge in [0.2, 0.25) is 21.8 Å². The zero-order valence-corrected chi connectivity index (χ0v) is 13.1. The normalized spacial score (nSPS) is 19.4. The Morgan fingerprint density at radius 2 is 1.95 bits per heavy atom. The van der Waals surface area contributed by atoms with Crippen molar-refractivity contribution in [2.24, 2.45) is 0 Å². The number of carbonyl (C=O) groups is 2. The van der Waals surface area contributed by atoms with Crippen molar-refractivity contribution >= 4 is 50.7 Å². The maximum Gasteiger partial charge on any atom is 0.247 e. The molecule has 0 spiro atoms. The Labute approximate surface area is 131 Å². The van der Waals surface area contributed by atoms with E-state index in [0.717, 1.165) is 4.90 Å². The van der Waals surface area contributed by atoms with Crippen LogP contribution in [0.25, 0.3) is 0 Å². The number of imide groups is 1. The van der Waals surface area contributed by atoms with Crippen LogP contribution in [0.4, 0.5) is 5.69 Å². The van der Waals surface area contributed by atoms with Crippen LogP contribution >= 0.6 is 23.2 Å². The number of likely N-dealkylation sites (N-methyl/N-ethyl adjacent to an activating group) is 1. The average molecular weight is 352 g/mol. The summed E-state index contributed by atoms with van der Waals surface area (Å²) in [4.78, 5) is 23.7. The van der Waals surface area contributed by atoms with Crippen molar-refractivity contribution in [2.75, 3.05) is 12.8 Å². The van der Waals surface area contributed by atoms with Gasteiger partial charge >= 0.3 is 0 Å². The van der Waals surface area contributed by atoms with E-state index in [0.29, 0.717) is 0 Å². The summed E-state index contributed by atoms with van der Waals surface area (Å²) in [5.74, 6) is -1.09. The lowest BCUT2D eigenvalue weighted by Crippen LogP contribution is -2.40. The lowest BCUT2D eigenvalue weighted by molar-refractivity contribution is -0.137. The number of likely N-dealkylation sites (tertiary alicyclic amines) is 1. The lowest BCUT2D eigenvalue weighted by atomic mass is 10.3. The summed E-state index contributed by atoms with van der Waals surface area (Å²) in [7, 11) is -2.83. The van der Waals surface area contributed by atoms with Crippen LogP contribution in [0.15, 0.2) is 17.0 Å². The molecule has 1 aliphatic rings. The number of nitrogens with one attached hydrogen (secondary N) is 1. The molecule has 2 amide bonds. The third kappa shape index (κ3) is 2.84. The highest BCUT2D eigenvalue weighted by molar-refractivity contribution is 7.89. The number of hydrogen-bond acceptors (Lipinski definition) is 5. The van der Waals surface area contributed by atoms with Crippen LogP contribution in [0, 0.1) is 0 Å². The first-order valence-electron chi connectivity index (χ1n) is 5.71. The van der Waals surface area contributed by atoms with Crippen molar-refractivity contribution in [3.63, 3.8) is 0 Å². The summed E-state index contributed by atoms with van der Waals surface area (Å²) in [5.41, 5.74) is 5.50. The third-order valence-electron chi connectivity index (χ3n) is 3.06. The van der Waals surface area contributed by atoms with Gasteiger partial charge in [-0.05, 0) is 12.1 Å². The second-order valence-electron chi connectivity index (χ2n) is 4.44. The zero-order valence-electron chi connectivity index (χ0n) is 10.8. The van der Waals surface area contributed by atoms with Crippen LogP contribution < -0.4 is 10.5 Å². The summed E-state index contributed by atoms with van der Waals surface area (Å²) in [6, 6.07) is 1.31. The fourth-order valence-corrected chi connectivity index (χ4v) is 3.81. The summed E-state index contributed by atoms with van der Waals surface area (Å²) < 4.78 is 26.7. The maximum atomic E-state index is 12.3. The molecule has 114 valence electrons. The van der Waals surface area contributed by atoms with Crippen LogP contribution in [-0.4, -0.2) is 38.2 Å². The van der Waals surface area contributed by atoms with Crippen LogP contribution in [0.2, 0.25) is 10.0 Å². The Morgan fingerprint density at radius 1 is 1.33 bits per heavy atom. The molecule has 1 aromatic rings. The number of benzene rings is 1. The van der Waals surface area contributed by atoms with Gasteiger partial charge in [0.1, 0.15) is 10.9 Å². The number of sulfonamides is 1. The molecule has 0 saturated carbocycles. The first-order chi connectivity index (χ1) is 9.65. The summed E-state index contributed by atoms with van der Waals surface area (Å²) in [5, 5.41) is -0.120. The number of carbonyl (C=O) groups excluding carboxylic acids is 2. The van der Waals surface area contributed by atoms with E-state index in [1.54, 1.807) is 0 Å². The molecule has 1 atom stereocenters. The van der Waals surface area contributed by atoms with Crippen molar-refractivity contribution in [1.29, 1.82) is 0 Å². The van der Waals surface area contributed by atoms with E-state index in [1.165, 1.54) is 19.2 Å². The highest BCUT2D eigenvalue weighted by Gasteiger charge is 2.39. The van der Waals surface area contributed by atoms with Crippen molar-refractivity contribution in [2.45, 2.75) is 17.4 Å². The van der Waals surface area contributed by atoms with Gasteiger partial charge in [-0.15, -0.1) is 0 Å². The zero-order chi connectivity index (χ0) is 15.9. The molecule has 3 N–H and O–H groups in total. The molecule has 10 heteroatoms. The number of anilines is 1. The van der Waals surface area contributed by atoms with Crippen LogP contribution in [-0.2, 0) is 19.6 Å². The number of rotatable bonds is 3. The van der Waals surface area contributed by atoms with Gasteiger partial charge in [-0.25, -0.2) is 8.42 Å². The minimum absolute atomic E-state index is 0.0767. The molecule has 0 aromatic heterocycles. The number of nitrogen functional groups attached to an aromatic ring is 1. The first kappa shape index (κ1) is 16.0. The molecule has 0 aliphatic carbocycles. The second kappa shape index (κ2) is 5.45. The molecule has 21 heavy (non-hydrogen) atoms. The molecule has 1 heterocycles. The lowest BCUT2D eigenvalue weighted by Gasteiger charge is -2.13. The molecular weight excluding hydrogens is 341 g/mol. The number of amides is 2. The van der Waals surface area contributed by atoms with E-state index in [9.17, 15) is 18.0 Å². The summed E-state index contributed by atoms with van der Waals surface area (Å²) in [6.45, 7) is 0. The molecule has 1 aliphatic heterocycles. The Hall–Kier alpha value is -1.35. The fourth-order valence-electron chi connectivity index (χ4n) is 1.86. The highest BCUT2D eigenvalue weighted by atomic mass is 35.5. The largest absolute Gasteiger partial charge is 0.396 e. The maximum absolute atomic E-state index is 12.3. The molecule has 1 saturated heterocycles. The van der Waals surface area contributed by atoms with Gasteiger partial charge in [-0.3, -0.25) is 14.5 Å². The topological polar surface area (TPSA) is 110 Å². The minimum atomic E-state index is -4.11. The van der Waals surface area contributed by atoms with E-state index in [1.807, 2.05) is 0 Å². The quantitative estimate of drug-likeness (QED) is 0.612. The highest BCUT2D eigenvalue weighted by Crippen LogP contribution is 2.33. The number of nitrogens with two attached hydrogens (primary N) is 1. The van der Waals surface area contributed by atoms with Gasteiger partial charge in [-0.2, -0.15) is 4.72 Å². The summed E-state index contributed by atoms with van der Waals surface area (Å²) in [6.07, 6.45) is -0.241. The molecule has 1 fully saturated rings. The van der Waals surface area contributed by atoms with Gasteiger partial charge in [0, 0.05) is 7.05 Å². The smallest absolute Gasteiger partial charge is 0.247 e. The standard InChI is InChI=1S/C11H11Cl2N3O4S/c1-16-8(17)4-6(11(16)18)15-21(19,20)7-3-2-5(12)10(14)9(7)13/h2-3,6,15H,4,14H2,1H3. The first-order valence-corrected chi connectivity index (χ1v) is 7.95. The Bertz CT molecular complexity index is 735. The van der Waals surface area contributed by atoms with Gasteiger partial charge in [0.15, 0.2) is 0 Å². The number of halogens is 2. The van der Waals surface area contributed by atoms with Crippen molar-refractivity contribution in [3.8, 4) is 0 Å². The molecule has 0 bridgehead atoms. The van der Waals surface area contributed by atoms with E-state index in [2.05, 4.69) is 4.72 Å². The Morgan fingerprint density at radius 3 is 2.48 bits per heavy atom.